The first-order valence-electron chi connectivity index (χ1n) is 19.8. The van der Waals surface area contributed by atoms with E-state index in [-0.39, 0.29) is 70.0 Å². The van der Waals surface area contributed by atoms with Crippen LogP contribution in [0.15, 0.2) is 0 Å². The zero-order valence-corrected chi connectivity index (χ0v) is 33.9. The van der Waals surface area contributed by atoms with Gasteiger partial charge in [0.15, 0.2) is 0 Å². The van der Waals surface area contributed by atoms with Crippen molar-refractivity contribution in [3.05, 3.63) is 0 Å². The molecule has 0 heterocycles. The average molecular weight is 800 g/mol. The highest BCUT2D eigenvalue weighted by Crippen LogP contribution is 2.00. The molecule has 0 aromatic carbocycles. The summed E-state index contributed by atoms with van der Waals surface area (Å²) in [6.07, 6.45) is 0.910. The Balaban J connectivity index is 4.26. The van der Waals surface area contributed by atoms with Gasteiger partial charge in [-0.15, -0.1) is 0 Å². The van der Waals surface area contributed by atoms with Gasteiger partial charge in [-0.2, -0.15) is 0 Å². The standard InChI is InChI=1S/C37H73N3O15/c1-4-13-46-24-28-52-31-27-48-18-11-39-36(42)8-15-54-33-34(55-16-9-37(43)40-12-19-49-26-30-51-23-21-45-6-3)32-53-14-7-35(41)38-10-17-47-25-29-50-22-20-44-5-2/h34H,4-33H2,1-3H3,(H,38,41)(H,39,42)(H,40,43). The van der Waals surface area contributed by atoms with Crippen molar-refractivity contribution in [3.63, 3.8) is 0 Å². The minimum atomic E-state index is -0.511. The molecule has 0 aliphatic heterocycles. The molecule has 18 nitrogen and oxygen atoms in total. The molecule has 0 aromatic heterocycles. The second kappa shape index (κ2) is 44.6. The van der Waals surface area contributed by atoms with Gasteiger partial charge in [0, 0.05) is 58.7 Å². The highest BCUT2D eigenvalue weighted by molar-refractivity contribution is 5.76. The molecule has 0 aromatic rings. The van der Waals surface area contributed by atoms with E-state index in [9.17, 15) is 14.4 Å². The molecular weight excluding hydrogens is 726 g/mol. The summed E-state index contributed by atoms with van der Waals surface area (Å²) in [7, 11) is 0. The SMILES string of the molecule is CCCOCCOCCOCCNC(=O)CCOCC(COCCC(=O)NCCOCCOCCOCC)OCCC(=O)NCCOCCOCCOCC. The molecule has 3 N–H and O–H groups in total. The second-order valence-corrected chi connectivity index (χ2v) is 11.6. The van der Waals surface area contributed by atoms with E-state index in [4.69, 9.17) is 56.8 Å². The minimum absolute atomic E-state index is 0.130. The van der Waals surface area contributed by atoms with Crippen LogP contribution in [0.2, 0.25) is 0 Å². The molecule has 0 bridgehead atoms. The number of carbonyl (C=O) groups is 3. The number of carbonyl (C=O) groups excluding carboxylic acids is 3. The summed E-state index contributed by atoms with van der Waals surface area (Å²) in [4.78, 5) is 36.7. The Morgan fingerprint density at radius 3 is 1.02 bits per heavy atom. The van der Waals surface area contributed by atoms with Gasteiger partial charge >= 0.3 is 0 Å². The maximum absolute atomic E-state index is 12.3. The van der Waals surface area contributed by atoms with Crippen molar-refractivity contribution in [1.82, 2.24) is 16.0 Å². The van der Waals surface area contributed by atoms with Gasteiger partial charge in [-0.25, -0.2) is 0 Å². The molecule has 0 spiro atoms. The first-order chi connectivity index (χ1) is 27.0. The van der Waals surface area contributed by atoms with E-state index in [0.29, 0.717) is 132 Å². The summed E-state index contributed by atoms with van der Waals surface area (Å²) >= 11 is 0. The highest BCUT2D eigenvalue weighted by atomic mass is 16.6. The smallest absolute Gasteiger partial charge is 0.222 e. The van der Waals surface area contributed by atoms with Crippen LogP contribution in [-0.4, -0.2) is 195 Å². The van der Waals surface area contributed by atoms with Gasteiger partial charge in [0.2, 0.25) is 17.7 Å². The van der Waals surface area contributed by atoms with E-state index in [1.165, 1.54) is 0 Å². The minimum Gasteiger partial charge on any atom is -0.379 e. The maximum Gasteiger partial charge on any atom is 0.222 e. The van der Waals surface area contributed by atoms with Gasteiger partial charge < -0.3 is 72.8 Å². The van der Waals surface area contributed by atoms with Crippen molar-refractivity contribution in [2.75, 3.05) is 172 Å². The number of hydrogen-bond donors (Lipinski definition) is 3. The lowest BCUT2D eigenvalue weighted by Gasteiger charge is -2.18. The van der Waals surface area contributed by atoms with Crippen LogP contribution < -0.4 is 16.0 Å². The summed E-state index contributed by atoms with van der Waals surface area (Å²) in [6, 6.07) is 0. The van der Waals surface area contributed by atoms with Gasteiger partial charge in [-0.3, -0.25) is 14.4 Å². The fourth-order valence-corrected chi connectivity index (χ4v) is 4.13. The predicted molar refractivity (Wildman–Crippen MR) is 203 cm³/mol. The van der Waals surface area contributed by atoms with Crippen molar-refractivity contribution in [3.8, 4) is 0 Å². The molecule has 326 valence electrons. The molecule has 1 atom stereocenters. The van der Waals surface area contributed by atoms with Crippen molar-refractivity contribution in [2.24, 2.45) is 0 Å². The van der Waals surface area contributed by atoms with Crippen molar-refractivity contribution < 1.29 is 71.2 Å². The van der Waals surface area contributed by atoms with E-state index in [0.717, 1.165) is 13.0 Å². The zero-order valence-electron chi connectivity index (χ0n) is 33.9. The lowest BCUT2D eigenvalue weighted by atomic mass is 10.3. The molecular formula is C37H73N3O15. The Morgan fingerprint density at radius 2 is 0.673 bits per heavy atom. The first-order valence-corrected chi connectivity index (χ1v) is 19.8. The van der Waals surface area contributed by atoms with Gasteiger partial charge in [-0.1, -0.05) is 6.92 Å². The Bertz CT molecular complexity index is 848. The van der Waals surface area contributed by atoms with Crippen LogP contribution >= 0.6 is 0 Å². The molecule has 1 unspecified atom stereocenters. The van der Waals surface area contributed by atoms with Crippen molar-refractivity contribution in [1.29, 1.82) is 0 Å². The Morgan fingerprint density at radius 1 is 0.364 bits per heavy atom. The molecule has 3 amide bonds. The third kappa shape index (κ3) is 42.9. The Kier molecular flexibility index (Phi) is 43.0. The van der Waals surface area contributed by atoms with Crippen LogP contribution in [0.1, 0.15) is 46.5 Å². The van der Waals surface area contributed by atoms with Crippen LogP contribution in [0.4, 0.5) is 0 Å². The molecule has 0 radical (unpaired) electrons. The lowest BCUT2D eigenvalue weighted by molar-refractivity contribution is -0.126. The van der Waals surface area contributed by atoms with E-state index in [1.807, 2.05) is 13.8 Å². The number of hydrogen-bond acceptors (Lipinski definition) is 15. The molecule has 0 rings (SSSR count). The average Bonchev–Trinajstić information content (AvgIpc) is 3.18. The first kappa shape index (κ1) is 52.9. The van der Waals surface area contributed by atoms with Crippen molar-refractivity contribution >= 4 is 17.7 Å². The molecule has 0 aliphatic carbocycles. The summed E-state index contributed by atoms with van der Waals surface area (Å²) in [6.45, 7) is 16.8. The van der Waals surface area contributed by atoms with Crippen LogP contribution in [0.3, 0.4) is 0 Å². The third-order valence-corrected chi connectivity index (χ3v) is 6.93. The molecule has 0 saturated carbocycles. The number of nitrogens with one attached hydrogen (secondary N) is 3. The lowest BCUT2D eigenvalue weighted by Crippen LogP contribution is -2.32. The van der Waals surface area contributed by atoms with E-state index >= 15 is 0 Å². The van der Waals surface area contributed by atoms with Crippen molar-refractivity contribution in [2.45, 2.75) is 52.6 Å². The fourth-order valence-electron chi connectivity index (χ4n) is 4.13. The van der Waals surface area contributed by atoms with E-state index in [1.54, 1.807) is 0 Å². The van der Waals surface area contributed by atoms with Gasteiger partial charge in [0.05, 0.1) is 132 Å². The number of rotatable bonds is 45. The maximum atomic E-state index is 12.3. The van der Waals surface area contributed by atoms with Gasteiger partial charge in [-0.05, 0) is 20.3 Å². The summed E-state index contributed by atoms with van der Waals surface area (Å²) in [5, 5.41) is 8.37. The van der Waals surface area contributed by atoms with E-state index in [2.05, 4.69) is 22.9 Å². The Hall–Kier alpha value is -2.07. The summed E-state index contributed by atoms with van der Waals surface area (Å²) in [5.41, 5.74) is 0. The van der Waals surface area contributed by atoms with Crippen LogP contribution in [0.25, 0.3) is 0 Å². The van der Waals surface area contributed by atoms with Gasteiger partial charge in [0.25, 0.3) is 0 Å². The third-order valence-electron chi connectivity index (χ3n) is 6.93. The largest absolute Gasteiger partial charge is 0.379 e. The number of amides is 3. The summed E-state index contributed by atoms with van der Waals surface area (Å²) in [5.74, 6) is -0.520. The zero-order chi connectivity index (χ0) is 40.1. The van der Waals surface area contributed by atoms with E-state index < -0.39 is 6.10 Å². The van der Waals surface area contributed by atoms with Crippen LogP contribution in [0.5, 0.6) is 0 Å². The fraction of sp³-hybridized carbons (Fsp3) is 0.919. The second-order valence-electron chi connectivity index (χ2n) is 11.6. The Labute approximate surface area is 328 Å². The van der Waals surface area contributed by atoms with Crippen LogP contribution in [-0.2, 0) is 71.2 Å². The number of ether oxygens (including phenoxy) is 12. The predicted octanol–water partition coefficient (Wildman–Crippen LogP) is 0.523. The monoisotopic (exact) mass is 800 g/mol. The molecule has 0 fully saturated rings. The normalized spacial score (nSPS) is 11.8. The highest BCUT2D eigenvalue weighted by Gasteiger charge is 2.13. The molecule has 0 aliphatic rings. The summed E-state index contributed by atoms with van der Waals surface area (Å²) < 4.78 is 65.6. The van der Waals surface area contributed by atoms with Crippen LogP contribution in [0, 0.1) is 0 Å². The van der Waals surface area contributed by atoms with Gasteiger partial charge in [0.1, 0.15) is 6.10 Å². The topological polar surface area (TPSA) is 198 Å². The molecule has 0 saturated heterocycles. The quantitative estimate of drug-likeness (QED) is 0.0721. The molecule has 18 heteroatoms. The molecule has 55 heavy (non-hydrogen) atoms.